The number of nitrogens with zero attached hydrogens (tertiary/aromatic N) is 1. The highest BCUT2D eigenvalue weighted by Crippen LogP contribution is 2.39. The molecule has 0 radical (unpaired) electrons. The van der Waals surface area contributed by atoms with Gasteiger partial charge in [-0.2, -0.15) is 5.26 Å². The zero-order chi connectivity index (χ0) is 10.9. The molecule has 0 bridgehead atoms. The van der Waals surface area contributed by atoms with Gasteiger partial charge in [0, 0.05) is 0 Å². The van der Waals surface area contributed by atoms with Crippen LogP contribution >= 0.6 is 0 Å². The highest BCUT2D eigenvalue weighted by molar-refractivity contribution is 5.32. The summed E-state index contributed by atoms with van der Waals surface area (Å²) in [5.74, 6) is 0. The molecule has 1 aromatic rings. The topological polar surface area (TPSA) is 59.0 Å². The monoisotopic (exact) mass is 202 g/mol. The standard InChI is InChI=1S/C12H14N2O/c1-9-4-2-3-5-10(9)11(14)12(6-13)7-15-8-12/h2-5,11H,7-8,14H2,1H3. The Hall–Kier alpha value is -1.37. The molecular formula is C12H14N2O. The largest absolute Gasteiger partial charge is 0.378 e. The van der Waals surface area contributed by atoms with Gasteiger partial charge in [-0.1, -0.05) is 24.3 Å². The van der Waals surface area contributed by atoms with Gasteiger partial charge in [-0.15, -0.1) is 0 Å². The first-order valence-electron chi connectivity index (χ1n) is 5.00. The molecule has 1 aliphatic rings. The molecule has 1 saturated heterocycles. The Balaban J connectivity index is 2.32. The fraction of sp³-hybridized carbons (Fsp3) is 0.417. The second-order valence-electron chi connectivity index (χ2n) is 4.10. The minimum absolute atomic E-state index is 0.252. The molecule has 78 valence electrons. The Morgan fingerprint density at radius 3 is 2.60 bits per heavy atom. The van der Waals surface area contributed by atoms with Crippen molar-refractivity contribution in [2.24, 2.45) is 11.1 Å². The smallest absolute Gasteiger partial charge is 0.123 e. The highest BCUT2D eigenvalue weighted by atomic mass is 16.5. The summed E-state index contributed by atoms with van der Waals surface area (Å²) in [5, 5.41) is 9.15. The third-order valence-corrected chi connectivity index (χ3v) is 3.06. The zero-order valence-corrected chi connectivity index (χ0v) is 8.73. The summed E-state index contributed by atoms with van der Waals surface area (Å²) in [6.45, 7) is 2.90. The van der Waals surface area contributed by atoms with E-state index in [1.165, 1.54) is 0 Å². The molecule has 1 fully saturated rings. The lowest BCUT2D eigenvalue weighted by Crippen LogP contribution is -2.49. The maximum atomic E-state index is 9.15. The van der Waals surface area contributed by atoms with Crippen LogP contribution in [-0.4, -0.2) is 13.2 Å². The Kier molecular flexibility index (Phi) is 2.47. The van der Waals surface area contributed by atoms with Crippen molar-refractivity contribution in [1.82, 2.24) is 0 Å². The van der Waals surface area contributed by atoms with Crippen molar-refractivity contribution in [2.45, 2.75) is 13.0 Å². The average molecular weight is 202 g/mol. The summed E-state index contributed by atoms with van der Waals surface area (Å²) in [7, 11) is 0. The minimum atomic E-state index is -0.522. The van der Waals surface area contributed by atoms with Crippen LogP contribution in [0, 0.1) is 23.7 Å². The van der Waals surface area contributed by atoms with E-state index in [1.807, 2.05) is 31.2 Å². The van der Waals surface area contributed by atoms with Crippen LogP contribution in [0.25, 0.3) is 0 Å². The predicted molar refractivity (Wildman–Crippen MR) is 57.0 cm³/mol. The Bertz CT molecular complexity index is 404. The number of rotatable bonds is 2. The number of nitrogens with two attached hydrogens (primary N) is 1. The van der Waals surface area contributed by atoms with E-state index in [2.05, 4.69) is 6.07 Å². The maximum Gasteiger partial charge on any atom is 0.123 e. The molecule has 1 aliphatic heterocycles. The lowest BCUT2D eigenvalue weighted by molar-refractivity contribution is -0.0911. The van der Waals surface area contributed by atoms with E-state index >= 15 is 0 Å². The normalized spacial score (nSPS) is 20.1. The molecule has 0 aromatic heterocycles. The summed E-state index contributed by atoms with van der Waals surface area (Å²) in [4.78, 5) is 0. The Labute approximate surface area is 89.5 Å². The van der Waals surface area contributed by atoms with Crippen molar-refractivity contribution in [2.75, 3.05) is 13.2 Å². The second-order valence-corrected chi connectivity index (χ2v) is 4.10. The lowest BCUT2D eigenvalue weighted by Gasteiger charge is -2.40. The average Bonchev–Trinajstić information content (AvgIpc) is 2.17. The van der Waals surface area contributed by atoms with Gasteiger partial charge < -0.3 is 10.5 Å². The number of aryl methyl sites for hydroxylation is 1. The van der Waals surface area contributed by atoms with E-state index in [0.717, 1.165) is 11.1 Å². The van der Waals surface area contributed by atoms with Crippen LogP contribution in [0.2, 0.25) is 0 Å². The van der Waals surface area contributed by atoms with E-state index in [0.29, 0.717) is 13.2 Å². The lowest BCUT2D eigenvalue weighted by atomic mass is 9.76. The van der Waals surface area contributed by atoms with Gasteiger partial charge in [0.05, 0.1) is 25.3 Å². The van der Waals surface area contributed by atoms with Crippen molar-refractivity contribution >= 4 is 0 Å². The van der Waals surface area contributed by atoms with Gasteiger partial charge >= 0.3 is 0 Å². The van der Waals surface area contributed by atoms with E-state index in [9.17, 15) is 0 Å². The van der Waals surface area contributed by atoms with Crippen LogP contribution in [0.4, 0.5) is 0 Å². The summed E-state index contributed by atoms with van der Waals surface area (Å²) in [6, 6.07) is 9.96. The van der Waals surface area contributed by atoms with Gasteiger partial charge in [-0.25, -0.2) is 0 Å². The maximum absolute atomic E-state index is 9.15. The first kappa shape index (κ1) is 10.2. The zero-order valence-electron chi connectivity index (χ0n) is 8.73. The molecule has 0 aliphatic carbocycles. The third-order valence-electron chi connectivity index (χ3n) is 3.06. The van der Waals surface area contributed by atoms with Crippen LogP contribution in [0.1, 0.15) is 17.2 Å². The number of ether oxygens (including phenoxy) is 1. The first-order valence-corrected chi connectivity index (χ1v) is 5.00. The van der Waals surface area contributed by atoms with E-state index in [4.69, 9.17) is 15.7 Å². The number of nitriles is 1. The van der Waals surface area contributed by atoms with Crippen molar-refractivity contribution in [3.63, 3.8) is 0 Å². The summed E-state index contributed by atoms with van der Waals surface area (Å²) in [5.41, 5.74) is 7.80. The Morgan fingerprint density at radius 1 is 1.47 bits per heavy atom. The SMILES string of the molecule is Cc1ccccc1C(N)C1(C#N)COC1. The van der Waals surface area contributed by atoms with Crippen LogP contribution < -0.4 is 5.73 Å². The van der Waals surface area contributed by atoms with E-state index in [1.54, 1.807) is 0 Å². The molecule has 0 amide bonds. The second kappa shape index (κ2) is 3.65. The molecule has 1 atom stereocenters. The van der Waals surface area contributed by atoms with Gasteiger partial charge in [0.25, 0.3) is 0 Å². The molecule has 1 unspecified atom stereocenters. The van der Waals surface area contributed by atoms with E-state index in [-0.39, 0.29) is 6.04 Å². The van der Waals surface area contributed by atoms with Crippen molar-refractivity contribution in [3.8, 4) is 6.07 Å². The summed E-state index contributed by atoms with van der Waals surface area (Å²) >= 11 is 0. The Morgan fingerprint density at radius 2 is 2.13 bits per heavy atom. The molecule has 2 N–H and O–H groups in total. The number of hydrogen-bond acceptors (Lipinski definition) is 3. The fourth-order valence-electron chi connectivity index (χ4n) is 1.87. The molecular weight excluding hydrogens is 188 g/mol. The quantitative estimate of drug-likeness (QED) is 0.791. The molecule has 2 rings (SSSR count). The van der Waals surface area contributed by atoms with Crippen LogP contribution in [0.3, 0.4) is 0 Å². The van der Waals surface area contributed by atoms with Crippen LogP contribution in [-0.2, 0) is 4.74 Å². The minimum Gasteiger partial charge on any atom is -0.378 e. The predicted octanol–water partition coefficient (Wildman–Crippen LogP) is 1.53. The molecule has 3 nitrogen and oxygen atoms in total. The highest BCUT2D eigenvalue weighted by Gasteiger charge is 2.45. The van der Waals surface area contributed by atoms with Gasteiger partial charge in [0.15, 0.2) is 0 Å². The summed E-state index contributed by atoms with van der Waals surface area (Å²) in [6.07, 6.45) is 0. The molecule has 3 heteroatoms. The van der Waals surface area contributed by atoms with Gasteiger partial charge in [-0.05, 0) is 18.1 Å². The van der Waals surface area contributed by atoms with Crippen LogP contribution in [0.5, 0.6) is 0 Å². The van der Waals surface area contributed by atoms with Gasteiger partial charge in [0.1, 0.15) is 5.41 Å². The molecule has 0 spiro atoms. The third kappa shape index (κ3) is 1.52. The van der Waals surface area contributed by atoms with Gasteiger partial charge in [0.2, 0.25) is 0 Å². The molecule has 0 saturated carbocycles. The van der Waals surface area contributed by atoms with E-state index < -0.39 is 5.41 Å². The van der Waals surface area contributed by atoms with Gasteiger partial charge in [-0.3, -0.25) is 0 Å². The van der Waals surface area contributed by atoms with Crippen LogP contribution in [0.15, 0.2) is 24.3 Å². The number of benzene rings is 1. The summed E-state index contributed by atoms with van der Waals surface area (Å²) < 4.78 is 5.11. The van der Waals surface area contributed by atoms with Crippen molar-refractivity contribution in [3.05, 3.63) is 35.4 Å². The first-order chi connectivity index (χ1) is 7.19. The molecule has 1 aromatic carbocycles. The number of hydrogen-bond donors (Lipinski definition) is 1. The van der Waals surface area contributed by atoms with Crippen molar-refractivity contribution < 1.29 is 4.74 Å². The fourth-order valence-corrected chi connectivity index (χ4v) is 1.87. The molecule has 1 heterocycles. The van der Waals surface area contributed by atoms with Crippen molar-refractivity contribution in [1.29, 1.82) is 5.26 Å². The molecule has 15 heavy (non-hydrogen) atoms.